The first-order valence-electron chi connectivity index (χ1n) is 6.46. The summed E-state index contributed by atoms with van der Waals surface area (Å²) in [5, 5.41) is 6.38. The number of hydrogen-bond donors (Lipinski definition) is 2. The normalized spacial score (nSPS) is 24.9. The van der Waals surface area contributed by atoms with E-state index in [1.54, 1.807) is 0 Å². The summed E-state index contributed by atoms with van der Waals surface area (Å²) >= 11 is 1.98. The molecule has 1 heterocycles. The fourth-order valence-corrected chi connectivity index (χ4v) is 3.15. The summed E-state index contributed by atoms with van der Waals surface area (Å²) < 4.78 is 0.271. The van der Waals surface area contributed by atoms with Gasteiger partial charge in [0.05, 0.1) is 0 Å². The molecular formula is C13H26N2OS. The smallest absolute Gasteiger partial charge is 0.221 e. The Bertz CT molecular complexity index is 255. The summed E-state index contributed by atoms with van der Waals surface area (Å²) in [6.45, 7) is 10.1. The molecule has 3 nitrogen and oxygen atoms in total. The van der Waals surface area contributed by atoms with Crippen molar-refractivity contribution in [2.75, 3.05) is 18.8 Å². The van der Waals surface area contributed by atoms with Crippen LogP contribution in [-0.2, 0) is 4.79 Å². The SMILES string of the molecule is CC(C)(C)NCCC(=O)NCC1(C)CCCS1. The van der Waals surface area contributed by atoms with Gasteiger partial charge in [-0.1, -0.05) is 0 Å². The molecule has 2 N–H and O–H groups in total. The monoisotopic (exact) mass is 258 g/mol. The maximum atomic E-state index is 11.7. The first-order valence-corrected chi connectivity index (χ1v) is 7.45. The quantitative estimate of drug-likeness (QED) is 0.794. The molecule has 0 saturated carbocycles. The van der Waals surface area contributed by atoms with Crippen LogP contribution in [0.2, 0.25) is 0 Å². The van der Waals surface area contributed by atoms with E-state index in [0.29, 0.717) is 6.42 Å². The molecule has 1 amide bonds. The van der Waals surface area contributed by atoms with Crippen molar-refractivity contribution in [3.05, 3.63) is 0 Å². The molecule has 4 heteroatoms. The van der Waals surface area contributed by atoms with Gasteiger partial charge >= 0.3 is 0 Å². The maximum Gasteiger partial charge on any atom is 0.221 e. The summed E-state index contributed by atoms with van der Waals surface area (Å²) in [5.74, 6) is 1.40. The summed E-state index contributed by atoms with van der Waals surface area (Å²) in [4.78, 5) is 11.7. The Morgan fingerprint density at radius 2 is 2.12 bits per heavy atom. The van der Waals surface area contributed by atoms with E-state index in [2.05, 4.69) is 38.3 Å². The first kappa shape index (κ1) is 14.8. The van der Waals surface area contributed by atoms with Crippen molar-refractivity contribution in [1.82, 2.24) is 10.6 Å². The minimum Gasteiger partial charge on any atom is -0.355 e. The zero-order chi connectivity index (χ0) is 12.9. The van der Waals surface area contributed by atoms with Gasteiger partial charge in [0.25, 0.3) is 0 Å². The summed E-state index contributed by atoms with van der Waals surface area (Å²) in [6.07, 6.45) is 3.07. The van der Waals surface area contributed by atoms with Gasteiger partial charge in [-0.15, -0.1) is 0 Å². The molecule has 17 heavy (non-hydrogen) atoms. The molecule has 0 radical (unpaired) electrons. The van der Waals surface area contributed by atoms with Crippen molar-refractivity contribution in [1.29, 1.82) is 0 Å². The molecule has 0 spiro atoms. The Labute approximate surface area is 109 Å². The highest BCUT2D eigenvalue weighted by molar-refractivity contribution is 8.00. The van der Waals surface area contributed by atoms with E-state index in [-0.39, 0.29) is 16.2 Å². The van der Waals surface area contributed by atoms with Crippen LogP contribution in [0, 0.1) is 0 Å². The predicted molar refractivity (Wildman–Crippen MR) is 75.5 cm³/mol. The number of nitrogens with one attached hydrogen (secondary N) is 2. The summed E-state index contributed by atoms with van der Waals surface area (Å²) in [7, 11) is 0. The second kappa shape index (κ2) is 6.10. The summed E-state index contributed by atoms with van der Waals surface area (Å²) in [5.41, 5.74) is 0.0908. The molecule has 1 unspecified atom stereocenters. The second-order valence-corrected chi connectivity index (χ2v) is 7.79. The van der Waals surface area contributed by atoms with Crippen molar-refractivity contribution in [3.8, 4) is 0 Å². The lowest BCUT2D eigenvalue weighted by Gasteiger charge is -2.23. The number of hydrogen-bond acceptors (Lipinski definition) is 3. The first-order chi connectivity index (χ1) is 7.81. The number of carbonyl (C=O) groups is 1. The van der Waals surface area contributed by atoms with Crippen LogP contribution in [0.1, 0.15) is 47.0 Å². The lowest BCUT2D eigenvalue weighted by atomic mass is 10.1. The average molecular weight is 258 g/mol. The van der Waals surface area contributed by atoms with E-state index < -0.39 is 0 Å². The molecule has 100 valence electrons. The fourth-order valence-electron chi connectivity index (χ4n) is 1.90. The lowest BCUT2D eigenvalue weighted by molar-refractivity contribution is -0.121. The van der Waals surface area contributed by atoms with Crippen molar-refractivity contribution in [3.63, 3.8) is 0 Å². The Morgan fingerprint density at radius 1 is 1.41 bits per heavy atom. The number of rotatable bonds is 5. The van der Waals surface area contributed by atoms with Crippen LogP contribution in [0.3, 0.4) is 0 Å². The molecular weight excluding hydrogens is 232 g/mol. The molecule has 1 saturated heterocycles. The van der Waals surface area contributed by atoms with Crippen LogP contribution in [0.5, 0.6) is 0 Å². The molecule has 1 rings (SSSR count). The van der Waals surface area contributed by atoms with Gasteiger partial charge < -0.3 is 10.6 Å². The Morgan fingerprint density at radius 3 is 2.65 bits per heavy atom. The molecule has 0 aliphatic carbocycles. The molecule has 0 aromatic carbocycles. The highest BCUT2D eigenvalue weighted by Crippen LogP contribution is 2.36. The molecule has 0 aromatic heterocycles. The molecule has 0 bridgehead atoms. The van der Waals surface area contributed by atoms with Crippen LogP contribution in [0.4, 0.5) is 0 Å². The van der Waals surface area contributed by atoms with Crippen molar-refractivity contribution in [2.45, 2.75) is 57.2 Å². The second-order valence-electron chi connectivity index (χ2n) is 6.11. The van der Waals surface area contributed by atoms with E-state index in [4.69, 9.17) is 0 Å². The minimum atomic E-state index is 0.0908. The van der Waals surface area contributed by atoms with E-state index in [1.165, 1.54) is 18.6 Å². The number of thioether (sulfide) groups is 1. The third-order valence-electron chi connectivity index (χ3n) is 2.97. The van der Waals surface area contributed by atoms with Crippen molar-refractivity contribution >= 4 is 17.7 Å². The molecule has 0 aromatic rings. The van der Waals surface area contributed by atoms with Gasteiger partial charge in [0.1, 0.15) is 0 Å². The van der Waals surface area contributed by atoms with Crippen LogP contribution >= 0.6 is 11.8 Å². The third kappa shape index (κ3) is 6.32. The molecule has 1 aliphatic rings. The topological polar surface area (TPSA) is 41.1 Å². The average Bonchev–Trinajstić information content (AvgIpc) is 2.61. The lowest BCUT2D eigenvalue weighted by Crippen LogP contribution is -2.41. The van der Waals surface area contributed by atoms with Crippen LogP contribution < -0.4 is 10.6 Å². The standard InChI is InChI=1S/C13H26N2OS/c1-12(2,3)15-8-6-11(16)14-10-13(4)7-5-9-17-13/h15H,5-10H2,1-4H3,(H,14,16). The zero-order valence-electron chi connectivity index (χ0n) is 11.6. The van der Waals surface area contributed by atoms with Gasteiger partial charge in [0.15, 0.2) is 0 Å². The molecule has 1 fully saturated rings. The zero-order valence-corrected chi connectivity index (χ0v) is 12.4. The van der Waals surface area contributed by atoms with Crippen LogP contribution in [0.15, 0.2) is 0 Å². The van der Waals surface area contributed by atoms with Gasteiger partial charge in [-0.25, -0.2) is 0 Å². The predicted octanol–water partition coefficient (Wildman–Crippen LogP) is 2.17. The van der Waals surface area contributed by atoms with E-state index >= 15 is 0 Å². The fraction of sp³-hybridized carbons (Fsp3) is 0.923. The molecule has 1 atom stereocenters. The van der Waals surface area contributed by atoms with Crippen molar-refractivity contribution < 1.29 is 4.79 Å². The third-order valence-corrected chi connectivity index (χ3v) is 4.51. The van der Waals surface area contributed by atoms with Crippen LogP contribution in [-0.4, -0.2) is 35.0 Å². The van der Waals surface area contributed by atoms with Crippen LogP contribution in [0.25, 0.3) is 0 Å². The van der Waals surface area contributed by atoms with Gasteiger partial charge in [-0.2, -0.15) is 11.8 Å². The van der Waals surface area contributed by atoms with Gasteiger partial charge in [-0.3, -0.25) is 4.79 Å². The Kier molecular flexibility index (Phi) is 5.32. The minimum absolute atomic E-state index is 0.0908. The number of carbonyl (C=O) groups excluding carboxylic acids is 1. The molecule has 1 aliphatic heterocycles. The van der Waals surface area contributed by atoms with E-state index in [1.807, 2.05) is 11.8 Å². The highest BCUT2D eigenvalue weighted by atomic mass is 32.2. The van der Waals surface area contributed by atoms with Gasteiger partial charge in [-0.05, 0) is 46.3 Å². The Hall–Kier alpha value is -0.220. The maximum absolute atomic E-state index is 11.7. The van der Waals surface area contributed by atoms with Gasteiger partial charge in [0.2, 0.25) is 5.91 Å². The largest absolute Gasteiger partial charge is 0.355 e. The van der Waals surface area contributed by atoms with E-state index in [9.17, 15) is 4.79 Å². The summed E-state index contributed by atoms with van der Waals surface area (Å²) in [6, 6.07) is 0. The van der Waals surface area contributed by atoms with E-state index in [0.717, 1.165) is 13.1 Å². The number of amides is 1. The Balaban J connectivity index is 2.13. The van der Waals surface area contributed by atoms with Crippen molar-refractivity contribution in [2.24, 2.45) is 0 Å². The van der Waals surface area contributed by atoms with Gasteiger partial charge in [0, 0.05) is 29.8 Å². The highest BCUT2D eigenvalue weighted by Gasteiger charge is 2.29.